The van der Waals surface area contributed by atoms with Crippen molar-refractivity contribution < 1.29 is 9.90 Å². The average molecular weight is 284 g/mol. The fourth-order valence-corrected chi connectivity index (χ4v) is 2.08. The Balaban J connectivity index is 1.84. The number of benzene rings is 2. The van der Waals surface area contributed by atoms with Crippen LogP contribution in [0.5, 0.6) is 0 Å². The lowest BCUT2D eigenvalue weighted by atomic mass is 10.0. The SMILES string of the molecule is N[C@@H](Cc1ccccc1)[C@@H](O)C(=O)NCc1ccccc1. The van der Waals surface area contributed by atoms with Gasteiger partial charge in [-0.15, -0.1) is 0 Å². The maximum Gasteiger partial charge on any atom is 0.250 e. The summed E-state index contributed by atoms with van der Waals surface area (Å²) in [7, 11) is 0. The maximum atomic E-state index is 11.9. The third kappa shape index (κ3) is 4.70. The third-order valence-corrected chi connectivity index (χ3v) is 3.30. The molecular weight excluding hydrogens is 264 g/mol. The van der Waals surface area contributed by atoms with Crippen molar-refractivity contribution in [2.75, 3.05) is 0 Å². The van der Waals surface area contributed by atoms with Crippen molar-refractivity contribution in [3.63, 3.8) is 0 Å². The summed E-state index contributed by atoms with van der Waals surface area (Å²) in [6.07, 6.45) is -0.755. The van der Waals surface area contributed by atoms with Gasteiger partial charge in [-0.05, 0) is 17.5 Å². The van der Waals surface area contributed by atoms with Crippen LogP contribution in [0, 0.1) is 0 Å². The number of nitrogens with two attached hydrogens (primary N) is 1. The number of rotatable bonds is 6. The molecule has 21 heavy (non-hydrogen) atoms. The van der Waals surface area contributed by atoms with Gasteiger partial charge >= 0.3 is 0 Å². The Hall–Kier alpha value is -2.17. The van der Waals surface area contributed by atoms with Crippen LogP contribution in [0.4, 0.5) is 0 Å². The van der Waals surface area contributed by atoms with Crippen LogP contribution < -0.4 is 11.1 Å². The fraction of sp³-hybridized carbons (Fsp3) is 0.235. The van der Waals surface area contributed by atoms with Crippen molar-refractivity contribution in [1.29, 1.82) is 0 Å². The summed E-state index contributed by atoms with van der Waals surface area (Å²) in [6, 6.07) is 18.5. The predicted molar refractivity (Wildman–Crippen MR) is 82.4 cm³/mol. The van der Waals surface area contributed by atoms with E-state index in [1.54, 1.807) is 0 Å². The molecule has 110 valence electrons. The Kier molecular flexibility index (Phi) is 5.49. The second-order valence-electron chi connectivity index (χ2n) is 5.00. The second-order valence-corrected chi connectivity index (χ2v) is 5.00. The number of carbonyl (C=O) groups excluding carboxylic acids is 1. The van der Waals surface area contributed by atoms with Gasteiger partial charge in [0.05, 0.1) is 0 Å². The zero-order valence-corrected chi connectivity index (χ0v) is 11.8. The topological polar surface area (TPSA) is 75.3 Å². The molecule has 2 aromatic carbocycles. The van der Waals surface area contributed by atoms with Crippen molar-refractivity contribution in [3.05, 3.63) is 71.8 Å². The smallest absolute Gasteiger partial charge is 0.250 e. The van der Waals surface area contributed by atoms with E-state index in [-0.39, 0.29) is 0 Å². The van der Waals surface area contributed by atoms with Crippen LogP contribution in [0.1, 0.15) is 11.1 Å². The van der Waals surface area contributed by atoms with E-state index in [2.05, 4.69) is 5.32 Å². The first kappa shape index (κ1) is 15.2. The molecule has 4 heteroatoms. The van der Waals surface area contributed by atoms with Crippen molar-refractivity contribution in [2.45, 2.75) is 25.1 Å². The minimum Gasteiger partial charge on any atom is -0.382 e. The van der Waals surface area contributed by atoms with Gasteiger partial charge in [0.25, 0.3) is 5.91 Å². The van der Waals surface area contributed by atoms with E-state index in [1.807, 2.05) is 60.7 Å². The molecule has 0 unspecified atom stereocenters. The summed E-state index contributed by atoms with van der Waals surface area (Å²) >= 11 is 0. The quantitative estimate of drug-likeness (QED) is 0.747. The lowest BCUT2D eigenvalue weighted by molar-refractivity contribution is -0.130. The molecule has 4 N–H and O–H groups in total. The highest BCUT2D eigenvalue weighted by Crippen LogP contribution is 2.05. The minimum absolute atomic E-state index is 0.384. The summed E-state index contributed by atoms with van der Waals surface area (Å²) in [5.74, 6) is -0.442. The number of nitrogens with one attached hydrogen (secondary N) is 1. The van der Waals surface area contributed by atoms with Gasteiger partial charge in [0, 0.05) is 12.6 Å². The van der Waals surface area contributed by atoms with Gasteiger partial charge in [-0.2, -0.15) is 0 Å². The first-order chi connectivity index (χ1) is 10.2. The van der Waals surface area contributed by atoms with Crippen LogP contribution in [0.15, 0.2) is 60.7 Å². The first-order valence-electron chi connectivity index (χ1n) is 6.96. The molecule has 0 aliphatic carbocycles. The molecule has 0 fully saturated rings. The Labute approximate surface area is 124 Å². The van der Waals surface area contributed by atoms with Gasteiger partial charge in [-0.1, -0.05) is 60.7 Å². The largest absolute Gasteiger partial charge is 0.382 e. The number of aliphatic hydroxyl groups is 1. The highest BCUT2D eigenvalue weighted by molar-refractivity contribution is 5.81. The van der Waals surface area contributed by atoms with Crippen molar-refractivity contribution >= 4 is 5.91 Å². The van der Waals surface area contributed by atoms with Gasteiger partial charge in [-0.25, -0.2) is 0 Å². The Morgan fingerprint density at radius 3 is 2.10 bits per heavy atom. The molecule has 2 rings (SSSR count). The normalized spacial score (nSPS) is 13.4. The van der Waals surface area contributed by atoms with E-state index in [0.717, 1.165) is 11.1 Å². The summed E-state index contributed by atoms with van der Waals surface area (Å²) in [5, 5.41) is 12.7. The molecule has 0 aliphatic rings. The van der Waals surface area contributed by atoms with E-state index >= 15 is 0 Å². The van der Waals surface area contributed by atoms with Gasteiger partial charge < -0.3 is 16.2 Å². The number of amides is 1. The molecule has 0 radical (unpaired) electrons. The Bertz CT molecular complexity index is 558. The zero-order chi connectivity index (χ0) is 15.1. The van der Waals surface area contributed by atoms with Crippen LogP contribution in [0.25, 0.3) is 0 Å². The number of aliphatic hydroxyl groups excluding tert-OH is 1. The molecule has 2 aromatic rings. The monoisotopic (exact) mass is 284 g/mol. The van der Waals surface area contributed by atoms with E-state index in [4.69, 9.17) is 5.73 Å². The van der Waals surface area contributed by atoms with Crippen molar-refractivity contribution in [2.24, 2.45) is 5.73 Å². The highest BCUT2D eigenvalue weighted by Gasteiger charge is 2.22. The zero-order valence-electron chi connectivity index (χ0n) is 11.8. The standard InChI is InChI=1S/C17H20N2O2/c18-15(11-13-7-3-1-4-8-13)16(20)17(21)19-12-14-9-5-2-6-10-14/h1-10,15-16,20H,11-12,18H2,(H,19,21)/t15-,16+/m0/s1. The van der Waals surface area contributed by atoms with Crippen LogP contribution in [0.3, 0.4) is 0 Å². The van der Waals surface area contributed by atoms with E-state index in [0.29, 0.717) is 13.0 Å². The van der Waals surface area contributed by atoms with Crippen molar-refractivity contribution in [3.8, 4) is 0 Å². The van der Waals surface area contributed by atoms with Crippen LogP contribution in [-0.4, -0.2) is 23.2 Å². The van der Waals surface area contributed by atoms with Gasteiger partial charge in [0.15, 0.2) is 0 Å². The first-order valence-corrected chi connectivity index (χ1v) is 6.96. The van der Waals surface area contributed by atoms with Crippen molar-refractivity contribution in [1.82, 2.24) is 5.32 Å². The van der Waals surface area contributed by atoms with E-state index in [9.17, 15) is 9.90 Å². The molecule has 0 spiro atoms. The van der Waals surface area contributed by atoms with Gasteiger partial charge in [-0.3, -0.25) is 4.79 Å². The molecular formula is C17H20N2O2. The molecule has 4 nitrogen and oxygen atoms in total. The molecule has 0 saturated carbocycles. The van der Waals surface area contributed by atoms with Gasteiger partial charge in [0.2, 0.25) is 0 Å². The average Bonchev–Trinajstić information content (AvgIpc) is 2.53. The third-order valence-electron chi connectivity index (χ3n) is 3.30. The lowest BCUT2D eigenvalue weighted by Gasteiger charge is -2.18. The molecule has 0 aliphatic heterocycles. The van der Waals surface area contributed by atoms with Crippen LogP contribution in [0.2, 0.25) is 0 Å². The maximum absolute atomic E-state index is 11.9. The number of hydrogen-bond donors (Lipinski definition) is 3. The Morgan fingerprint density at radius 2 is 1.52 bits per heavy atom. The molecule has 0 bridgehead atoms. The highest BCUT2D eigenvalue weighted by atomic mass is 16.3. The van der Waals surface area contributed by atoms with Gasteiger partial charge in [0.1, 0.15) is 6.10 Å². The van der Waals surface area contributed by atoms with Crippen LogP contribution in [-0.2, 0) is 17.8 Å². The summed E-state index contributed by atoms with van der Waals surface area (Å²) in [6.45, 7) is 0.384. The summed E-state index contributed by atoms with van der Waals surface area (Å²) < 4.78 is 0. The molecule has 0 aromatic heterocycles. The summed E-state index contributed by atoms with van der Waals surface area (Å²) in [5.41, 5.74) is 7.89. The number of carbonyl (C=O) groups is 1. The van der Waals surface area contributed by atoms with Crippen LogP contribution >= 0.6 is 0 Å². The Morgan fingerprint density at radius 1 is 1.00 bits per heavy atom. The van der Waals surface area contributed by atoms with E-state index in [1.165, 1.54) is 0 Å². The number of hydrogen-bond acceptors (Lipinski definition) is 3. The second kappa shape index (κ2) is 7.57. The summed E-state index contributed by atoms with van der Waals surface area (Å²) in [4.78, 5) is 11.9. The lowest BCUT2D eigenvalue weighted by Crippen LogP contribution is -2.47. The molecule has 0 saturated heterocycles. The minimum atomic E-state index is -1.21. The van der Waals surface area contributed by atoms with E-state index < -0.39 is 18.1 Å². The molecule has 1 amide bonds. The predicted octanol–water partition coefficient (Wildman–Crippen LogP) is 1.23. The molecule has 0 heterocycles. The fourth-order valence-electron chi connectivity index (χ4n) is 2.08. The molecule has 2 atom stereocenters.